The highest BCUT2D eigenvalue weighted by Gasteiger charge is 2.31. The Bertz CT molecular complexity index is 882. The number of furan rings is 1. The topological polar surface area (TPSA) is 62.1 Å². The minimum atomic E-state index is 0.0395. The Morgan fingerprint density at radius 3 is 3.08 bits per heavy atom. The number of imidazole rings is 1. The Morgan fingerprint density at radius 1 is 1.35 bits per heavy atom. The number of amides is 1. The highest BCUT2D eigenvalue weighted by molar-refractivity contribution is 5.77. The Labute approximate surface area is 153 Å². The third-order valence-electron chi connectivity index (χ3n) is 4.98. The summed E-state index contributed by atoms with van der Waals surface area (Å²) in [6.07, 6.45) is 6.59. The molecule has 0 spiro atoms. The molecule has 3 heterocycles. The van der Waals surface area contributed by atoms with E-state index in [-0.39, 0.29) is 11.9 Å². The van der Waals surface area contributed by atoms with Crippen molar-refractivity contribution in [1.29, 1.82) is 0 Å². The molecule has 1 N–H and O–H groups in total. The zero-order valence-electron chi connectivity index (χ0n) is 14.9. The van der Waals surface area contributed by atoms with Crippen LogP contribution < -0.4 is 0 Å². The number of aromatic amines is 1. The number of carbonyl (C=O) groups is 1. The van der Waals surface area contributed by atoms with Crippen LogP contribution >= 0.6 is 0 Å². The molecule has 0 unspecified atom stereocenters. The molecular formula is C21H23N3O2. The van der Waals surface area contributed by atoms with Crippen LogP contribution in [0.4, 0.5) is 0 Å². The number of benzene rings is 1. The van der Waals surface area contributed by atoms with Gasteiger partial charge in [0.05, 0.1) is 24.2 Å². The second-order valence-corrected chi connectivity index (χ2v) is 6.88. The van der Waals surface area contributed by atoms with Gasteiger partial charge in [-0.05, 0) is 43.5 Å². The minimum absolute atomic E-state index is 0.0395. The van der Waals surface area contributed by atoms with Gasteiger partial charge >= 0.3 is 0 Å². The Hall–Kier alpha value is -2.82. The van der Waals surface area contributed by atoms with E-state index in [9.17, 15) is 4.79 Å². The number of hydrogen-bond acceptors (Lipinski definition) is 3. The lowest BCUT2D eigenvalue weighted by atomic mass is 10.1. The Morgan fingerprint density at radius 2 is 2.27 bits per heavy atom. The second kappa shape index (κ2) is 7.20. The number of hydrogen-bond donors (Lipinski definition) is 1. The zero-order chi connectivity index (χ0) is 17.9. The van der Waals surface area contributed by atoms with Crippen molar-refractivity contribution in [1.82, 2.24) is 14.9 Å². The number of carbonyl (C=O) groups excluding carboxylic acids is 1. The molecule has 4 rings (SSSR count). The van der Waals surface area contributed by atoms with Crippen molar-refractivity contribution in [2.75, 3.05) is 6.54 Å². The van der Waals surface area contributed by atoms with Crippen LogP contribution in [-0.4, -0.2) is 27.3 Å². The van der Waals surface area contributed by atoms with Crippen molar-refractivity contribution < 1.29 is 9.21 Å². The molecule has 2 aromatic heterocycles. The van der Waals surface area contributed by atoms with Gasteiger partial charge in [-0.1, -0.05) is 23.8 Å². The van der Waals surface area contributed by atoms with Gasteiger partial charge < -0.3 is 14.3 Å². The lowest BCUT2D eigenvalue weighted by Crippen LogP contribution is -2.31. The summed E-state index contributed by atoms with van der Waals surface area (Å²) in [7, 11) is 0. The number of H-pyrrole nitrogens is 1. The van der Waals surface area contributed by atoms with Gasteiger partial charge in [0.15, 0.2) is 0 Å². The first-order valence-electron chi connectivity index (χ1n) is 9.14. The number of nitrogens with zero attached hydrogens (tertiary/aromatic N) is 2. The maximum atomic E-state index is 12.7. The van der Waals surface area contributed by atoms with Crippen molar-refractivity contribution >= 4 is 5.91 Å². The van der Waals surface area contributed by atoms with Crippen molar-refractivity contribution in [3.63, 3.8) is 0 Å². The summed E-state index contributed by atoms with van der Waals surface area (Å²) < 4.78 is 5.33. The van der Waals surface area contributed by atoms with Crippen molar-refractivity contribution in [3.8, 4) is 11.3 Å². The number of likely N-dealkylation sites (tertiary alicyclic amines) is 1. The zero-order valence-corrected chi connectivity index (χ0v) is 14.9. The van der Waals surface area contributed by atoms with Crippen LogP contribution in [0.3, 0.4) is 0 Å². The van der Waals surface area contributed by atoms with Crippen molar-refractivity contribution in [3.05, 3.63) is 66.0 Å². The maximum absolute atomic E-state index is 12.7. The van der Waals surface area contributed by atoms with E-state index in [0.717, 1.165) is 42.2 Å². The van der Waals surface area contributed by atoms with E-state index in [2.05, 4.69) is 35.1 Å². The van der Waals surface area contributed by atoms with E-state index in [1.165, 1.54) is 5.56 Å². The smallest absolute Gasteiger partial charge is 0.223 e. The fourth-order valence-corrected chi connectivity index (χ4v) is 3.64. The summed E-state index contributed by atoms with van der Waals surface area (Å²) in [5.41, 5.74) is 3.34. The average Bonchev–Trinajstić information content (AvgIpc) is 3.40. The summed E-state index contributed by atoms with van der Waals surface area (Å²) in [5, 5.41) is 0. The minimum Gasteiger partial charge on any atom is -0.469 e. The van der Waals surface area contributed by atoms with Crippen LogP contribution in [0.15, 0.2) is 53.3 Å². The van der Waals surface area contributed by atoms with Crippen LogP contribution in [0.5, 0.6) is 0 Å². The van der Waals surface area contributed by atoms with Gasteiger partial charge in [-0.15, -0.1) is 0 Å². The SMILES string of the molecule is Cc1cccc(-c2cnc([C@H]3CCCN3C(=O)CCc3ccco3)[nH]2)c1. The third-order valence-corrected chi connectivity index (χ3v) is 4.98. The number of rotatable bonds is 5. The van der Waals surface area contributed by atoms with Crippen LogP contribution in [0.1, 0.15) is 42.5 Å². The Kier molecular flexibility index (Phi) is 4.61. The predicted molar refractivity (Wildman–Crippen MR) is 99.5 cm³/mol. The molecule has 134 valence electrons. The van der Waals surface area contributed by atoms with Crippen molar-refractivity contribution in [2.24, 2.45) is 0 Å². The molecule has 3 aromatic rings. The molecule has 1 amide bonds. The van der Waals surface area contributed by atoms with Gasteiger partial charge in [0, 0.05) is 19.4 Å². The van der Waals surface area contributed by atoms with Gasteiger partial charge in [0.25, 0.3) is 0 Å². The molecular weight excluding hydrogens is 326 g/mol. The predicted octanol–water partition coefficient (Wildman–Crippen LogP) is 4.27. The molecule has 0 aliphatic carbocycles. The van der Waals surface area contributed by atoms with Gasteiger partial charge in [0.2, 0.25) is 5.91 Å². The first kappa shape index (κ1) is 16.6. The molecule has 1 fully saturated rings. The fraction of sp³-hybridized carbons (Fsp3) is 0.333. The summed E-state index contributed by atoms with van der Waals surface area (Å²) >= 11 is 0. The normalized spacial score (nSPS) is 17.0. The molecule has 0 radical (unpaired) electrons. The fourth-order valence-electron chi connectivity index (χ4n) is 3.64. The van der Waals surface area contributed by atoms with E-state index in [4.69, 9.17) is 4.42 Å². The van der Waals surface area contributed by atoms with E-state index in [1.807, 2.05) is 29.3 Å². The molecule has 1 aliphatic rings. The summed E-state index contributed by atoms with van der Waals surface area (Å²) in [6.45, 7) is 2.87. The molecule has 0 saturated carbocycles. The highest BCUT2D eigenvalue weighted by Crippen LogP contribution is 2.32. The number of aromatic nitrogens is 2. The summed E-state index contributed by atoms with van der Waals surface area (Å²) in [4.78, 5) is 22.7. The van der Waals surface area contributed by atoms with E-state index >= 15 is 0 Å². The number of aryl methyl sites for hydroxylation is 2. The van der Waals surface area contributed by atoms with Crippen LogP contribution in [0.25, 0.3) is 11.3 Å². The van der Waals surface area contributed by atoms with Crippen LogP contribution in [-0.2, 0) is 11.2 Å². The molecule has 5 nitrogen and oxygen atoms in total. The quantitative estimate of drug-likeness (QED) is 0.748. The molecule has 1 atom stereocenters. The summed E-state index contributed by atoms with van der Waals surface area (Å²) in [6, 6.07) is 12.1. The molecule has 0 bridgehead atoms. The first-order chi connectivity index (χ1) is 12.7. The standard InChI is InChI=1S/C21H23N3O2/c1-15-5-2-6-16(13-15)18-14-22-21(23-18)19-8-3-11-24(19)20(25)10-9-17-7-4-12-26-17/h2,4-7,12-14,19H,3,8-11H2,1H3,(H,22,23)/t19-/m1/s1. The van der Waals surface area contributed by atoms with Crippen LogP contribution in [0.2, 0.25) is 0 Å². The Balaban J connectivity index is 1.47. The number of nitrogens with one attached hydrogen (secondary N) is 1. The second-order valence-electron chi connectivity index (χ2n) is 6.88. The maximum Gasteiger partial charge on any atom is 0.223 e. The lowest BCUT2D eigenvalue weighted by molar-refractivity contribution is -0.132. The lowest BCUT2D eigenvalue weighted by Gasteiger charge is -2.23. The van der Waals surface area contributed by atoms with Gasteiger partial charge in [-0.25, -0.2) is 4.98 Å². The van der Waals surface area contributed by atoms with Crippen LogP contribution in [0, 0.1) is 6.92 Å². The third kappa shape index (κ3) is 3.43. The largest absolute Gasteiger partial charge is 0.469 e. The average molecular weight is 349 g/mol. The van der Waals surface area contributed by atoms with Gasteiger partial charge in [-0.2, -0.15) is 0 Å². The van der Waals surface area contributed by atoms with E-state index in [1.54, 1.807) is 6.26 Å². The monoisotopic (exact) mass is 349 g/mol. The van der Waals surface area contributed by atoms with Crippen molar-refractivity contribution in [2.45, 2.75) is 38.6 Å². The first-order valence-corrected chi connectivity index (χ1v) is 9.14. The molecule has 1 saturated heterocycles. The molecule has 1 aromatic carbocycles. The highest BCUT2D eigenvalue weighted by atomic mass is 16.3. The molecule has 1 aliphatic heterocycles. The van der Waals surface area contributed by atoms with E-state index < -0.39 is 0 Å². The van der Waals surface area contributed by atoms with Gasteiger partial charge in [-0.3, -0.25) is 4.79 Å². The molecule has 26 heavy (non-hydrogen) atoms. The van der Waals surface area contributed by atoms with E-state index in [0.29, 0.717) is 12.8 Å². The molecule has 5 heteroatoms. The van der Waals surface area contributed by atoms with Gasteiger partial charge in [0.1, 0.15) is 11.6 Å². The summed E-state index contributed by atoms with van der Waals surface area (Å²) in [5.74, 6) is 1.90.